The SMILES string of the molecule is Cc1cc(C(=O)N2CCN(Cc3ccccc3)C[C@H]2Cc2ccccc2)c(-c2ccccc2)n1-c1cccc(N2CCN(C)CC2)c1. The number of benzene rings is 4. The van der Waals surface area contributed by atoms with Gasteiger partial charge in [-0.3, -0.25) is 9.69 Å². The average Bonchev–Trinajstić information content (AvgIpc) is 3.46. The smallest absolute Gasteiger partial charge is 0.256 e. The maximum Gasteiger partial charge on any atom is 0.256 e. The van der Waals surface area contributed by atoms with E-state index in [1.165, 1.54) is 16.8 Å². The number of amides is 1. The van der Waals surface area contributed by atoms with Crippen molar-refractivity contribution >= 4 is 11.6 Å². The molecule has 7 rings (SSSR count). The van der Waals surface area contributed by atoms with Crippen LogP contribution in [0, 0.1) is 6.92 Å². The van der Waals surface area contributed by atoms with E-state index in [1.54, 1.807) is 0 Å². The average molecular weight is 624 g/mol. The van der Waals surface area contributed by atoms with Crippen LogP contribution in [0.1, 0.15) is 27.2 Å². The van der Waals surface area contributed by atoms with Crippen molar-refractivity contribution in [3.8, 4) is 16.9 Å². The molecular formula is C41H45N5O. The maximum absolute atomic E-state index is 14.9. The van der Waals surface area contributed by atoms with Gasteiger partial charge in [0.05, 0.1) is 11.3 Å². The second kappa shape index (κ2) is 14.0. The Bertz CT molecular complexity index is 1780. The standard InChI is InChI=1S/C41H45N5O/c1-32-27-39(40(35-17-10-5-11-18-35)46(32)37-20-12-19-36(29-37)44-24-21-42(2)22-25-44)41(47)45-26-23-43(30-34-15-8-4-9-16-34)31-38(45)28-33-13-6-3-7-14-33/h3-20,27,29,38H,21-26,28,30-31H2,1-2H3/t38-/m1/s1. The molecule has 2 fully saturated rings. The number of anilines is 1. The van der Waals surface area contributed by atoms with E-state index in [0.29, 0.717) is 6.54 Å². The number of aromatic nitrogens is 1. The molecule has 6 nitrogen and oxygen atoms in total. The first-order chi connectivity index (χ1) is 23.0. The minimum Gasteiger partial charge on any atom is -0.369 e. The zero-order valence-corrected chi connectivity index (χ0v) is 27.6. The number of carbonyl (C=O) groups is 1. The van der Waals surface area contributed by atoms with Gasteiger partial charge in [0.2, 0.25) is 0 Å². The van der Waals surface area contributed by atoms with Crippen molar-refractivity contribution in [2.45, 2.75) is 25.9 Å². The number of hydrogen-bond acceptors (Lipinski definition) is 4. The molecule has 0 spiro atoms. The molecule has 6 heteroatoms. The lowest BCUT2D eigenvalue weighted by Gasteiger charge is -2.42. The van der Waals surface area contributed by atoms with E-state index in [-0.39, 0.29) is 11.9 Å². The van der Waals surface area contributed by atoms with Crippen LogP contribution >= 0.6 is 0 Å². The summed E-state index contributed by atoms with van der Waals surface area (Å²) >= 11 is 0. The fourth-order valence-corrected chi connectivity index (χ4v) is 7.30. The third-order valence-corrected chi connectivity index (χ3v) is 9.81. The molecular weight excluding hydrogens is 578 g/mol. The molecule has 0 radical (unpaired) electrons. The Labute approximate surface area is 279 Å². The summed E-state index contributed by atoms with van der Waals surface area (Å²) < 4.78 is 2.29. The van der Waals surface area contributed by atoms with E-state index in [2.05, 4.69) is 153 Å². The van der Waals surface area contributed by atoms with Crippen LogP contribution in [0.25, 0.3) is 16.9 Å². The van der Waals surface area contributed by atoms with Crippen molar-refractivity contribution in [3.05, 3.63) is 144 Å². The molecule has 0 unspecified atom stereocenters. The summed E-state index contributed by atoms with van der Waals surface area (Å²) in [6, 6.07) is 42.7. The number of rotatable bonds is 8. The minimum absolute atomic E-state index is 0.0650. The van der Waals surface area contributed by atoms with Crippen LogP contribution in [0.5, 0.6) is 0 Å². The molecule has 3 heterocycles. The van der Waals surface area contributed by atoms with Gasteiger partial charge in [-0.05, 0) is 61.3 Å². The molecule has 2 aliphatic rings. The van der Waals surface area contributed by atoms with Gasteiger partial charge in [-0.1, -0.05) is 97.1 Å². The Morgan fingerprint density at radius 2 is 1.32 bits per heavy atom. The van der Waals surface area contributed by atoms with Crippen LogP contribution in [0.15, 0.2) is 121 Å². The van der Waals surface area contributed by atoms with Crippen molar-refractivity contribution in [2.24, 2.45) is 0 Å². The summed E-state index contributed by atoms with van der Waals surface area (Å²) in [5.41, 5.74) is 8.74. The summed E-state index contributed by atoms with van der Waals surface area (Å²) in [6.07, 6.45) is 0.825. The van der Waals surface area contributed by atoms with Crippen LogP contribution in [-0.4, -0.2) is 84.1 Å². The predicted molar refractivity (Wildman–Crippen MR) is 192 cm³/mol. The molecule has 2 aliphatic heterocycles. The zero-order chi connectivity index (χ0) is 32.2. The maximum atomic E-state index is 14.9. The van der Waals surface area contributed by atoms with Crippen LogP contribution in [0.3, 0.4) is 0 Å². The Morgan fingerprint density at radius 1 is 0.681 bits per heavy atom. The van der Waals surface area contributed by atoms with Gasteiger partial charge < -0.3 is 19.3 Å². The number of aryl methyl sites for hydroxylation is 1. The fourth-order valence-electron chi connectivity index (χ4n) is 7.30. The van der Waals surface area contributed by atoms with Gasteiger partial charge in [0.1, 0.15) is 0 Å². The van der Waals surface area contributed by atoms with Gasteiger partial charge in [0.15, 0.2) is 0 Å². The van der Waals surface area contributed by atoms with E-state index in [0.717, 1.165) is 80.4 Å². The lowest BCUT2D eigenvalue weighted by molar-refractivity contribution is 0.0439. The summed E-state index contributed by atoms with van der Waals surface area (Å²) in [7, 11) is 2.19. The van der Waals surface area contributed by atoms with Gasteiger partial charge in [-0.2, -0.15) is 0 Å². The minimum atomic E-state index is 0.0650. The Morgan fingerprint density at radius 3 is 2.02 bits per heavy atom. The van der Waals surface area contributed by atoms with Crippen molar-refractivity contribution in [2.75, 3.05) is 57.8 Å². The van der Waals surface area contributed by atoms with Crippen LogP contribution in [0.4, 0.5) is 5.69 Å². The molecule has 1 aromatic heterocycles. The highest BCUT2D eigenvalue weighted by Gasteiger charge is 2.34. The normalized spacial score (nSPS) is 17.6. The predicted octanol–water partition coefficient (Wildman–Crippen LogP) is 6.77. The fraction of sp³-hybridized carbons (Fsp3) is 0.293. The third-order valence-electron chi connectivity index (χ3n) is 9.81. The molecule has 0 aliphatic carbocycles. The first kappa shape index (κ1) is 31.0. The van der Waals surface area contributed by atoms with Crippen LogP contribution in [-0.2, 0) is 13.0 Å². The van der Waals surface area contributed by atoms with Gasteiger partial charge in [0, 0.05) is 75.5 Å². The number of piperazine rings is 2. The third kappa shape index (κ3) is 6.90. The summed E-state index contributed by atoms with van der Waals surface area (Å²) in [6.45, 7) is 9.54. The highest BCUT2D eigenvalue weighted by molar-refractivity contribution is 6.01. The number of carbonyl (C=O) groups excluding carboxylic acids is 1. The van der Waals surface area contributed by atoms with Crippen molar-refractivity contribution < 1.29 is 4.79 Å². The van der Waals surface area contributed by atoms with Gasteiger partial charge in [0.25, 0.3) is 5.91 Å². The van der Waals surface area contributed by atoms with E-state index < -0.39 is 0 Å². The molecule has 0 saturated carbocycles. The topological polar surface area (TPSA) is 35.0 Å². The molecule has 0 N–H and O–H groups in total. The molecule has 4 aromatic carbocycles. The molecule has 1 amide bonds. The highest BCUT2D eigenvalue weighted by Crippen LogP contribution is 2.34. The molecule has 47 heavy (non-hydrogen) atoms. The number of likely N-dealkylation sites (N-methyl/N-ethyl adjacent to an activating group) is 1. The lowest BCUT2D eigenvalue weighted by Crippen LogP contribution is -2.55. The van der Waals surface area contributed by atoms with Crippen molar-refractivity contribution in [1.82, 2.24) is 19.3 Å². The van der Waals surface area contributed by atoms with Gasteiger partial charge in [-0.15, -0.1) is 0 Å². The summed E-state index contributed by atoms with van der Waals surface area (Å²) in [5.74, 6) is 0.112. The summed E-state index contributed by atoms with van der Waals surface area (Å²) in [4.78, 5) is 24.4. The van der Waals surface area contributed by atoms with E-state index in [4.69, 9.17) is 0 Å². The molecule has 0 bridgehead atoms. The Balaban J connectivity index is 1.24. The van der Waals surface area contributed by atoms with Crippen LogP contribution < -0.4 is 4.90 Å². The molecule has 1 atom stereocenters. The first-order valence-electron chi connectivity index (χ1n) is 17.0. The van der Waals surface area contributed by atoms with Crippen LogP contribution in [0.2, 0.25) is 0 Å². The van der Waals surface area contributed by atoms with E-state index in [1.807, 2.05) is 6.07 Å². The van der Waals surface area contributed by atoms with Gasteiger partial charge in [-0.25, -0.2) is 0 Å². The quantitative estimate of drug-likeness (QED) is 0.191. The Kier molecular flexibility index (Phi) is 9.23. The van der Waals surface area contributed by atoms with Crippen molar-refractivity contribution in [3.63, 3.8) is 0 Å². The Hall–Kier alpha value is -4.65. The van der Waals surface area contributed by atoms with Crippen molar-refractivity contribution in [1.29, 1.82) is 0 Å². The number of nitrogens with zero attached hydrogens (tertiary/aromatic N) is 5. The number of hydrogen-bond donors (Lipinski definition) is 0. The summed E-state index contributed by atoms with van der Waals surface area (Å²) in [5, 5.41) is 0. The zero-order valence-electron chi connectivity index (χ0n) is 27.6. The highest BCUT2D eigenvalue weighted by atomic mass is 16.2. The molecule has 240 valence electrons. The van der Waals surface area contributed by atoms with Gasteiger partial charge >= 0.3 is 0 Å². The monoisotopic (exact) mass is 623 g/mol. The lowest BCUT2D eigenvalue weighted by atomic mass is 9.99. The molecule has 2 saturated heterocycles. The first-order valence-corrected chi connectivity index (χ1v) is 17.0. The second-order valence-electron chi connectivity index (χ2n) is 13.1. The molecule has 5 aromatic rings. The van der Waals surface area contributed by atoms with E-state index >= 15 is 0 Å². The second-order valence-corrected chi connectivity index (χ2v) is 13.1. The van der Waals surface area contributed by atoms with E-state index in [9.17, 15) is 4.79 Å². The largest absolute Gasteiger partial charge is 0.369 e.